The van der Waals surface area contributed by atoms with Crippen molar-refractivity contribution in [3.8, 4) is 0 Å². The van der Waals surface area contributed by atoms with Gasteiger partial charge in [0, 0.05) is 13.1 Å². The summed E-state index contributed by atoms with van der Waals surface area (Å²) >= 11 is 0. The van der Waals surface area contributed by atoms with Crippen LogP contribution < -0.4 is 5.32 Å². The maximum Gasteiger partial charge on any atom is 0.317 e. The largest absolute Gasteiger partial charge is 0.395 e. The van der Waals surface area contributed by atoms with Gasteiger partial charge in [0.05, 0.1) is 12.6 Å². The van der Waals surface area contributed by atoms with Gasteiger partial charge >= 0.3 is 6.03 Å². The molecule has 4 nitrogen and oxygen atoms in total. The highest BCUT2D eigenvalue weighted by Gasteiger charge is 2.35. The van der Waals surface area contributed by atoms with Crippen molar-refractivity contribution >= 4 is 6.03 Å². The molecule has 3 rings (SSSR count). The zero-order valence-electron chi connectivity index (χ0n) is 12.7. The molecular weight excluding hydrogens is 283 g/mol. The fourth-order valence-corrected chi connectivity index (χ4v) is 2.81. The van der Waals surface area contributed by atoms with Gasteiger partial charge in [-0.3, -0.25) is 0 Å². The van der Waals surface area contributed by atoms with Crippen LogP contribution in [0.1, 0.15) is 37.3 Å². The molecule has 2 saturated carbocycles. The molecule has 1 aromatic rings. The van der Waals surface area contributed by atoms with Crippen molar-refractivity contribution < 1.29 is 14.3 Å². The number of hydrogen-bond acceptors (Lipinski definition) is 2. The minimum absolute atomic E-state index is 0.0230. The van der Waals surface area contributed by atoms with E-state index in [0.29, 0.717) is 24.9 Å². The van der Waals surface area contributed by atoms with E-state index in [1.165, 1.54) is 25.0 Å². The van der Waals surface area contributed by atoms with Gasteiger partial charge in [0.1, 0.15) is 5.82 Å². The summed E-state index contributed by atoms with van der Waals surface area (Å²) in [5.74, 6) is 0.758. The number of benzene rings is 1. The lowest BCUT2D eigenvalue weighted by atomic mass is 10.0. The molecule has 22 heavy (non-hydrogen) atoms. The molecule has 0 unspecified atom stereocenters. The molecule has 2 aliphatic rings. The summed E-state index contributed by atoms with van der Waals surface area (Å²) in [5.41, 5.74) is 0.952. The standard InChI is InChI=1S/C17H23FN2O2/c18-15-7-5-14(6-8-15)16(13-3-4-13)19-17(22)20(9-10-21)11-12-1-2-12/h5-8,12-13,16,21H,1-4,9-11H2,(H,19,22)/t16-/m0/s1. The summed E-state index contributed by atoms with van der Waals surface area (Å²) in [5, 5.41) is 12.2. The number of rotatable bonds is 7. The molecule has 0 radical (unpaired) electrons. The first kappa shape index (κ1) is 15.3. The Labute approximate surface area is 130 Å². The molecule has 0 spiro atoms. The smallest absolute Gasteiger partial charge is 0.317 e. The minimum Gasteiger partial charge on any atom is -0.395 e. The summed E-state index contributed by atoms with van der Waals surface area (Å²) in [7, 11) is 0. The van der Waals surface area contributed by atoms with Crippen LogP contribution in [0.2, 0.25) is 0 Å². The van der Waals surface area contributed by atoms with Crippen LogP contribution in [0.5, 0.6) is 0 Å². The first-order valence-corrected chi connectivity index (χ1v) is 8.09. The minimum atomic E-state index is -0.264. The van der Waals surface area contributed by atoms with Gasteiger partial charge in [-0.05, 0) is 55.2 Å². The molecule has 0 heterocycles. The second kappa shape index (κ2) is 6.65. The van der Waals surface area contributed by atoms with Crippen LogP contribution in [0.25, 0.3) is 0 Å². The number of halogens is 1. The van der Waals surface area contributed by atoms with E-state index in [1.54, 1.807) is 17.0 Å². The van der Waals surface area contributed by atoms with Gasteiger partial charge in [-0.15, -0.1) is 0 Å². The third kappa shape index (κ3) is 3.97. The molecule has 2 N–H and O–H groups in total. The Kier molecular flexibility index (Phi) is 4.62. The van der Waals surface area contributed by atoms with Gasteiger partial charge in [-0.1, -0.05) is 12.1 Å². The Morgan fingerprint density at radius 1 is 1.27 bits per heavy atom. The predicted octanol–water partition coefficient (Wildman–Crippen LogP) is 2.69. The Hall–Kier alpha value is -1.62. The second-order valence-corrected chi connectivity index (χ2v) is 6.43. The summed E-state index contributed by atoms with van der Waals surface area (Å²) in [6.07, 6.45) is 4.51. The molecule has 2 amide bonds. The average Bonchev–Trinajstić information content (AvgIpc) is 3.38. The van der Waals surface area contributed by atoms with E-state index in [4.69, 9.17) is 5.11 Å². The summed E-state index contributed by atoms with van der Waals surface area (Å²) < 4.78 is 13.1. The third-order valence-electron chi connectivity index (χ3n) is 4.43. The number of nitrogens with one attached hydrogen (secondary N) is 1. The molecule has 0 aromatic heterocycles. The van der Waals surface area contributed by atoms with E-state index in [1.807, 2.05) is 0 Å². The number of urea groups is 1. The van der Waals surface area contributed by atoms with Gasteiger partial charge in [-0.25, -0.2) is 9.18 Å². The van der Waals surface area contributed by atoms with Crippen LogP contribution in [0.15, 0.2) is 24.3 Å². The van der Waals surface area contributed by atoms with Crippen molar-refractivity contribution in [3.63, 3.8) is 0 Å². The SMILES string of the molecule is O=C(N[C@H](c1ccc(F)cc1)C1CC1)N(CCO)CC1CC1. The molecule has 120 valence electrons. The topological polar surface area (TPSA) is 52.6 Å². The highest BCUT2D eigenvalue weighted by molar-refractivity contribution is 5.75. The molecule has 0 bridgehead atoms. The maximum absolute atomic E-state index is 13.1. The number of aliphatic hydroxyl groups excluding tert-OH is 1. The maximum atomic E-state index is 13.1. The molecule has 0 aliphatic heterocycles. The van der Waals surface area contributed by atoms with Crippen molar-refractivity contribution in [1.82, 2.24) is 10.2 Å². The Morgan fingerprint density at radius 3 is 2.50 bits per heavy atom. The molecule has 1 atom stereocenters. The van der Waals surface area contributed by atoms with Crippen molar-refractivity contribution in [2.24, 2.45) is 11.8 Å². The number of carbonyl (C=O) groups is 1. The lowest BCUT2D eigenvalue weighted by Crippen LogP contribution is -2.44. The van der Waals surface area contributed by atoms with Crippen LogP contribution in [-0.2, 0) is 0 Å². The second-order valence-electron chi connectivity index (χ2n) is 6.43. The van der Waals surface area contributed by atoms with Gasteiger partial charge in [-0.2, -0.15) is 0 Å². The zero-order chi connectivity index (χ0) is 15.5. The van der Waals surface area contributed by atoms with E-state index in [-0.39, 0.29) is 24.5 Å². The number of nitrogens with zero attached hydrogens (tertiary/aromatic N) is 1. The Morgan fingerprint density at radius 2 is 1.95 bits per heavy atom. The van der Waals surface area contributed by atoms with Crippen molar-refractivity contribution in [2.75, 3.05) is 19.7 Å². The number of hydrogen-bond donors (Lipinski definition) is 2. The molecule has 2 fully saturated rings. The van der Waals surface area contributed by atoms with Gasteiger partial charge in [0.2, 0.25) is 0 Å². The highest BCUT2D eigenvalue weighted by Crippen LogP contribution is 2.41. The molecule has 0 saturated heterocycles. The van der Waals surface area contributed by atoms with Crippen molar-refractivity contribution in [3.05, 3.63) is 35.6 Å². The van der Waals surface area contributed by atoms with Crippen LogP contribution in [0, 0.1) is 17.7 Å². The number of amides is 2. The first-order valence-electron chi connectivity index (χ1n) is 8.09. The Balaban J connectivity index is 1.66. The van der Waals surface area contributed by atoms with Gasteiger partial charge < -0.3 is 15.3 Å². The summed E-state index contributed by atoms with van der Waals surface area (Å²) in [6, 6.07) is 6.18. The lowest BCUT2D eigenvalue weighted by molar-refractivity contribution is 0.170. The van der Waals surface area contributed by atoms with Crippen LogP contribution in [0.3, 0.4) is 0 Å². The summed E-state index contributed by atoms with van der Waals surface area (Å²) in [4.78, 5) is 14.2. The number of aliphatic hydroxyl groups is 1. The molecule has 1 aromatic carbocycles. The molecule has 2 aliphatic carbocycles. The molecular formula is C17H23FN2O2. The number of carbonyl (C=O) groups excluding carboxylic acids is 1. The van der Waals surface area contributed by atoms with Gasteiger partial charge in [0.25, 0.3) is 0 Å². The van der Waals surface area contributed by atoms with Crippen LogP contribution >= 0.6 is 0 Å². The van der Waals surface area contributed by atoms with Gasteiger partial charge in [0.15, 0.2) is 0 Å². The monoisotopic (exact) mass is 306 g/mol. The van der Waals surface area contributed by atoms with Crippen LogP contribution in [-0.4, -0.2) is 35.7 Å². The van der Waals surface area contributed by atoms with E-state index in [0.717, 1.165) is 18.4 Å². The lowest BCUT2D eigenvalue weighted by Gasteiger charge is -2.26. The third-order valence-corrected chi connectivity index (χ3v) is 4.43. The first-order chi connectivity index (χ1) is 10.7. The zero-order valence-corrected chi connectivity index (χ0v) is 12.7. The van der Waals surface area contributed by atoms with Crippen molar-refractivity contribution in [1.29, 1.82) is 0 Å². The predicted molar refractivity (Wildman–Crippen MR) is 81.8 cm³/mol. The molecule has 5 heteroatoms. The van der Waals surface area contributed by atoms with Crippen LogP contribution in [0.4, 0.5) is 9.18 Å². The van der Waals surface area contributed by atoms with E-state index < -0.39 is 0 Å². The normalized spacial score (nSPS) is 18.8. The Bertz CT molecular complexity index is 512. The quantitative estimate of drug-likeness (QED) is 0.814. The van der Waals surface area contributed by atoms with E-state index in [2.05, 4.69) is 5.32 Å². The average molecular weight is 306 g/mol. The van der Waals surface area contributed by atoms with E-state index >= 15 is 0 Å². The highest BCUT2D eigenvalue weighted by atomic mass is 19.1. The van der Waals surface area contributed by atoms with Crippen molar-refractivity contribution in [2.45, 2.75) is 31.7 Å². The fraction of sp³-hybridized carbons (Fsp3) is 0.588. The fourth-order valence-electron chi connectivity index (χ4n) is 2.81. The van der Waals surface area contributed by atoms with E-state index in [9.17, 15) is 9.18 Å². The summed E-state index contributed by atoms with van der Waals surface area (Å²) in [6.45, 7) is 1.06.